The molecule has 2 heterocycles. The monoisotopic (exact) mass is 217 g/mol. The van der Waals surface area contributed by atoms with Gasteiger partial charge in [0.1, 0.15) is 0 Å². The van der Waals surface area contributed by atoms with Crippen LogP contribution in [0.4, 0.5) is 0 Å². The van der Waals surface area contributed by atoms with Gasteiger partial charge in [0.25, 0.3) is 0 Å². The Hall–Kier alpha value is -0.190. The van der Waals surface area contributed by atoms with E-state index in [2.05, 4.69) is 13.6 Å². The molecule has 72 valence electrons. The Morgan fingerprint density at radius 3 is 3.23 bits per heavy atom. The van der Waals surface area contributed by atoms with Crippen molar-refractivity contribution in [1.82, 2.24) is 13.6 Å². The third kappa shape index (κ3) is 2.39. The highest BCUT2D eigenvalue weighted by molar-refractivity contribution is 6.99. The molecule has 1 fully saturated rings. The Labute approximate surface area is 87.0 Å². The van der Waals surface area contributed by atoms with Crippen LogP contribution in [0.25, 0.3) is 0 Å². The summed E-state index contributed by atoms with van der Waals surface area (Å²) >= 11 is 7.08. The number of hydrogen-bond acceptors (Lipinski definition) is 4. The average molecular weight is 218 g/mol. The maximum Gasteiger partial charge on any atom is 0.0883 e. The van der Waals surface area contributed by atoms with Crippen molar-refractivity contribution in [3.63, 3.8) is 0 Å². The van der Waals surface area contributed by atoms with Gasteiger partial charge in [-0.15, -0.1) is 11.6 Å². The predicted octanol–water partition coefficient (Wildman–Crippen LogP) is 1.60. The number of nitrogens with zero attached hydrogens (tertiary/aromatic N) is 3. The van der Waals surface area contributed by atoms with Gasteiger partial charge in [-0.3, -0.25) is 4.90 Å². The van der Waals surface area contributed by atoms with Crippen LogP contribution in [0.1, 0.15) is 12.1 Å². The highest BCUT2D eigenvalue weighted by atomic mass is 35.5. The summed E-state index contributed by atoms with van der Waals surface area (Å²) in [5.41, 5.74) is 1.08. The van der Waals surface area contributed by atoms with Gasteiger partial charge in [-0.05, 0) is 18.9 Å². The number of likely N-dealkylation sites (tertiary alicyclic amines) is 1. The molecular weight excluding hydrogens is 206 g/mol. The van der Waals surface area contributed by atoms with Gasteiger partial charge in [0.15, 0.2) is 0 Å². The van der Waals surface area contributed by atoms with Crippen molar-refractivity contribution in [3.8, 4) is 0 Å². The molecule has 1 unspecified atom stereocenters. The van der Waals surface area contributed by atoms with E-state index in [1.54, 1.807) is 0 Å². The van der Waals surface area contributed by atoms with E-state index in [4.69, 9.17) is 11.6 Å². The van der Waals surface area contributed by atoms with E-state index < -0.39 is 0 Å². The minimum Gasteiger partial charge on any atom is -0.297 e. The molecule has 1 aromatic rings. The van der Waals surface area contributed by atoms with Gasteiger partial charge >= 0.3 is 0 Å². The van der Waals surface area contributed by atoms with Crippen LogP contribution in [0, 0.1) is 5.92 Å². The second-order valence-corrected chi connectivity index (χ2v) is 4.31. The van der Waals surface area contributed by atoms with E-state index in [1.807, 2.05) is 6.20 Å². The molecule has 1 atom stereocenters. The SMILES string of the molecule is ClCC1CCN(Cc2cnsn2)C1. The Kier molecular flexibility index (Phi) is 3.14. The van der Waals surface area contributed by atoms with E-state index in [1.165, 1.54) is 18.1 Å². The van der Waals surface area contributed by atoms with Crippen molar-refractivity contribution in [1.29, 1.82) is 0 Å². The van der Waals surface area contributed by atoms with Crippen LogP contribution < -0.4 is 0 Å². The first kappa shape index (κ1) is 9.37. The van der Waals surface area contributed by atoms with Crippen molar-refractivity contribution in [3.05, 3.63) is 11.9 Å². The van der Waals surface area contributed by atoms with Gasteiger partial charge in [-0.1, -0.05) is 0 Å². The first-order chi connectivity index (χ1) is 6.38. The topological polar surface area (TPSA) is 29.0 Å². The van der Waals surface area contributed by atoms with Gasteiger partial charge < -0.3 is 0 Å². The third-order valence-electron chi connectivity index (χ3n) is 2.38. The summed E-state index contributed by atoms with van der Waals surface area (Å²) in [6.07, 6.45) is 3.07. The molecule has 1 aliphatic rings. The standard InChI is InChI=1S/C8H12ClN3S/c9-3-7-1-2-12(5-7)6-8-4-10-13-11-8/h4,7H,1-3,5-6H2. The van der Waals surface area contributed by atoms with Crippen LogP contribution in [0.2, 0.25) is 0 Å². The van der Waals surface area contributed by atoms with Crippen LogP contribution in [-0.2, 0) is 6.54 Å². The van der Waals surface area contributed by atoms with E-state index in [9.17, 15) is 0 Å². The molecule has 0 aliphatic carbocycles. The largest absolute Gasteiger partial charge is 0.297 e. The minimum absolute atomic E-state index is 0.674. The number of hydrogen-bond donors (Lipinski definition) is 0. The van der Waals surface area contributed by atoms with Crippen LogP contribution in [0.3, 0.4) is 0 Å². The Morgan fingerprint density at radius 2 is 2.62 bits per heavy atom. The highest BCUT2D eigenvalue weighted by Crippen LogP contribution is 2.18. The molecule has 0 N–H and O–H groups in total. The fraction of sp³-hybridized carbons (Fsp3) is 0.750. The van der Waals surface area contributed by atoms with Crippen LogP contribution in [0.5, 0.6) is 0 Å². The smallest absolute Gasteiger partial charge is 0.0883 e. The molecule has 3 nitrogen and oxygen atoms in total. The quantitative estimate of drug-likeness (QED) is 0.721. The molecule has 5 heteroatoms. The summed E-state index contributed by atoms with van der Waals surface area (Å²) in [5.74, 6) is 1.46. The molecule has 0 amide bonds. The van der Waals surface area contributed by atoms with Crippen molar-refractivity contribution < 1.29 is 0 Å². The maximum absolute atomic E-state index is 5.80. The summed E-state index contributed by atoms with van der Waals surface area (Å²) < 4.78 is 8.17. The number of rotatable bonds is 3. The predicted molar refractivity (Wildman–Crippen MR) is 54.0 cm³/mol. The van der Waals surface area contributed by atoms with E-state index >= 15 is 0 Å². The summed E-state index contributed by atoms with van der Waals surface area (Å²) in [5, 5.41) is 0. The molecule has 1 saturated heterocycles. The Balaban J connectivity index is 1.84. The van der Waals surface area contributed by atoms with Crippen molar-refractivity contribution in [2.45, 2.75) is 13.0 Å². The van der Waals surface area contributed by atoms with Crippen LogP contribution in [-0.4, -0.2) is 32.6 Å². The van der Waals surface area contributed by atoms with Crippen molar-refractivity contribution in [2.24, 2.45) is 5.92 Å². The maximum atomic E-state index is 5.80. The molecule has 2 rings (SSSR count). The Morgan fingerprint density at radius 1 is 1.69 bits per heavy atom. The lowest BCUT2D eigenvalue weighted by atomic mass is 10.2. The second kappa shape index (κ2) is 4.35. The molecule has 13 heavy (non-hydrogen) atoms. The van der Waals surface area contributed by atoms with E-state index in [0.717, 1.165) is 31.2 Å². The number of halogens is 1. The summed E-state index contributed by atoms with van der Waals surface area (Å²) in [6, 6.07) is 0. The lowest BCUT2D eigenvalue weighted by molar-refractivity contribution is 0.318. The molecule has 0 bridgehead atoms. The summed E-state index contributed by atoms with van der Waals surface area (Å²) in [4.78, 5) is 2.39. The van der Waals surface area contributed by atoms with Gasteiger partial charge in [-0.25, -0.2) is 0 Å². The zero-order valence-electron chi connectivity index (χ0n) is 7.32. The highest BCUT2D eigenvalue weighted by Gasteiger charge is 2.21. The third-order valence-corrected chi connectivity index (χ3v) is 3.33. The normalized spacial score (nSPS) is 23.9. The van der Waals surface area contributed by atoms with Gasteiger partial charge in [0.05, 0.1) is 23.6 Å². The van der Waals surface area contributed by atoms with Gasteiger partial charge in [-0.2, -0.15) is 8.75 Å². The lowest BCUT2D eigenvalue weighted by Crippen LogP contribution is -2.20. The molecule has 0 spiro atoms. The zero-order valence-corrected chi connectivity index (χ0v) is 8.89. The van der Waals surface area contributed by atoms with Gasteiger partial charge in [0, 0.05) is 19.0 Å². The summed E-state index contributed by atoms with van der Waals surface area (Å²) in [7, 11) is 0. The molecular formula is C8H12ClN3S. The fourth-order valence-corrected chi connectivity index (χ4v) is 2.34. The van der Waals surface area contributed by atoms with E-state index in [-0.39, 0.29) is 0 Å². The van der Waals surface area contributed by atoms with Gasteiger partial charge in [0.2, 0.25) is 0 Å². The molecule has 0 aromatic carbocycles. The molecule has 1 aromatic heterocycles. The first-order valence-electron chi connectivity index (χ1n) is 4.43. The van der Waals surface area contributed by atoms with Crippen molar-refractivity contribution in [2.75, 3.05) is 19.0 Å². The van der Waals surface area contributed by atoms with Crippen molar-refractivity contribution >= 4 is 23.3 Å². The van der Waals surface area contributed by atoms with Crippen LogP contribution >= 0.6 is 23.3 Å². The number of alkyl halides is 1. The van der Waals surface area contributed by atoms with E-state index in [0.29, 0.717) is 5.92 Å². The lowest BCUT2D eigenvalue weighted by Gasteiger charge is -2.12. The minimum atomic E-state index is 0.674. The fourth-order valence-electron chi connectivity index (χ4n) is 1.67. The second-order valence-electron chi connectivity index (χ2n) is 3.44. The molecule has 0 radical (unpaired) electrons. The Bertz CT molecular complexity index is 252. The van der Waals surface area contributed by atoms with Crippen LogP contribution in [0.15, 0.2) is 6.20 Å². The zero-order chi connectivity index (χ0) is 9.10. The molecule has 0 saturated carbocycles. The molecule has 1 aliphatic heterocycles. The average Bonchev–Trinajstić information content (AvgIpc) is 2.76. The number of aromatic nitrogens is 2. The first-order valence-corrected chi connectivity index (χ1v) is 5.69. The summed E-state index contributed by atoms with van der Waals surface area (Å²) in [6.45, 7) is 3.19.